The van der Waals surface area contributed by atoms with Gasteiger partial charge >= 0.3 is 5.97 Å². The molecule has 0 radical (unpaired) electrons. The van der Waals surface area contributed by atoms with Gasteiger partial charge in [-0.25, -0.2) is 4.79 Å². The van der Waals surface area contributed by atoms with E-state index < -0.39 is 5.97 Å². The molecule has 2 rings (SSSR count). The second-order valence-corrected chi connectivity index (χ2v) is 3.72. The van der Waals surface area contributed by atoms with Gasteiger partial charge in [-0.3, -0.25) is 0 Å². The zero-order chi connectivity index (χ0) is 13.8. The molecule has 2 N–H and O–H groups in total. The summed E-state index contributed by atoms with van der Waals surface area (Å²) in [5, 5.41) is 19.1. The van der Waals surface area contributed by atoms with Crippen LogP contribution in [0, 0.1) is 0 Å². The molecule has 0 saturated carbocycles. The van der Waals surface area contributed by atoms with Gasteiger partial charge in [-0.05, 0) is 24.3 Å². The van der Waals surface area contributed by atoms with E-state index in [2.05, 4.69) is 0 Å². The van der Waals surface area contributed by atoms with Gasteiger partial charge in [0.2, 0.25) is 5.75 Å². The Kier molecular flexibility index (Phi) is 3.56. The predicted octanol–water partition coefficient (Wildman–Crippen LogP) is 2.33. The number of methoxy groups -OCH3 is 1. The van der Waals surface area contributed by atoms with E-state index in [-0.39, 0.29) is 22.8 Å². The van der Waals surface area contributed by atoms with Crippen LogP contribution in [0.4, 0.5) is 0 Å². The molecule has 0 aliphatic rings. The highest BCUT2D eigenvalue weighted by molar-refractivity contribution is 5.94. The van der Waals surface area contributed by atoms with Crippen LogP contribution in [0.2, 0.25) is 0 Å². The molecular weight excluding hydrogens is 248 g/mol. The summed E-state index contributed by atoms with van der Waals surface area (Å²) in [5.74, 6) is -1.29. The summed E-state index contributed by atoms with van der Waals surface area (Å²) in [4.78, 5) is 12.0. The highest BCUT2D eigenvalue weighted by Crippen LogP contribution is 2.36. The Bertz CT molecular complexity index is 586. The van der Waals surface area contributed by atoms with Crippen molar-refractivity contribution < 1.29 is 24.5 Å². The van der Waals surface area contributed by atoms with Gasteiger partial charge in [-0.15, -0.1) is 0 Å². The van der Waals surface area contributed by atoms with E-state index in [9.17, 15) is 15.0 Å². The Morgan fingerprint density at radius 3 is 2.26 bits per heavy atom. The third kappa shape index (κ3) is 2.60. The van der Waals surface area contributed by atoms with E-state index in [0.717, 1.165) is 0 Å². The zero-order valence-corrected chi connectivity index (χ0v) is 10.2. The van der Waals surface area contributed by atoms with Crippen molar-refractivity contribution in [2.45, 2.75) is 0 Å². The molecule has 0 aliphatic heterocycles. The number of esters is 1. The second-order valence-electron chi connectivity index (χ2n) is 3.72. The predicted molar refractivity (Wildman–Crippen MR) is 67.7 cm³/mol. The summed E-state index contributed by atoms with van der Waals surface area (Å²) in [7, 11) is 1.43. The van der Waals surface area contributed by atoms with Crippen molar-refractivity contribution in [3.8, 4) is 23.0 Å². The number of para-hydroxylation sites is 2. The number of hydrogen-bond acceptors (Lipinski definition) is 5. The minimum absolute atomic E-state index is 0.202. The van der Waals surface area contributed by atoms with E-state index in [1.54, 1.807) is 18.2 Å². The van der Waals surface area contributed by atoms with Crippen molar-refractivity contribution in [2.75, 3.05) is 7.11 Å². The number of aromatic hydroxyl groups is 2. The SMILES string of the molecule is COc1ccccc1C(=O)Oc1c(O)cccc1O. The number of carbonyl (C=O) groups is 1. The topological polar surface area (TPSA) is 76.0 Å². The fraction of sp³-hybridized carbons (Fsp3) is 0.0714. The lowest BCUT2D eigenvalue weighted by Gasteiger charge is -2.10. The Labute approximate surface area is 109 Å². The summed E-state index contributed by atoms with van der Waals surface area (Å²) in [6.45, 7) is 0. The van der Waals surface area contributed by atoms with Crippen molar-refractivity contribution in [3.63, 3.8) is 0 Å². The van der Waals surface area contributed by atoms with E-state index in [1.165, 1.54) is 31.4 Å². The molecule has 0 bridgehead atoms. The normalized spacial score (nSPS) is 9.95. The number of rotatable bonds is 3. The van der Waals surface area contributed by atoms with Crippen LogP contribution in [0.15, 0.2) is 42.5 Å². The zero-order valence-electron chi connectivity index (χ0n) is 10.2. The highest BCUT2D eigenvalue weighted by atomic mass is 16.5. The van der Waals surface area contributed by atoms with E-state index >= 15 is 0 Å². The fourth-order valence-electron chi connectivity index (χ4n) is 1.58. The molecule has 5 heteroatoms. The summed E-state index contributed by atoms with van der Waals surface area (Å²) < 4.78 is 10.0. The summed E-state index contributed by atoms with van der Waals surface area (Å²) >= 11 is 0. The average Bonchev–Trinajstić information content (AvgIpc) is 2.42. The van der Waals surface area contributed by atoms with Gasteiger partial charge in [0.05, 0.1) is 7.11 Å². The molecule has 0 atom stereocenters. The van der Waals surface area contributed by atoms with Gasteiger partial charge in [0.15, 0.2) is 11.5 Å². The van der Waals surface area contributed by atoms with Crippen molar-refractivity contribution in [1.29, 1.82) is 0 Å². The number of phenols is 2. The van der Waals surface area contributed by atoms with E-state index in [0.29, 0.717) is 5.75 Å². The monoisotopic (exact) mass is 260 g/mol. The minimum atomic E-state index is -0.728. The molecule has 0 heterocycles. The van der Waals surface area contributed by atoms with Gasteiger partial charge in [0.25, 0.3) is 0 Å². The second kappa shape index (κ2) is 5.30. The third-order valence-electron chi connectivity index (χ3n) is 2.50. The van der Waals surface area contributed by atoms with Crippen molar-refractivity contribution >= 4 is 5.97 Å². The lowest BCUT2D eigenvalue weighted by molar-refractivity contribution is 0.0720. The quantitative estimate of drug-likeness (QED) is 0.654. The van der Waals surface area contributed by atoms with Crippen LogP contribution in [0.5, 0.6) is 23.0 Å². The highest BCUT2D eigenvalue weighted by Gasteiger charge is 2.18. The van der Waals surface area contributed by atoms with Gasteiger partial charge in [-0.1, -0.05) is 18.2 Å². The van der Waals surface area contributed by atoms with Gasteiger partial charge in [0, 0.05) is 0 Å². The molecule has 0 spiro atoms. The standard InChI is InChI=1S/C14H12O5/c1-18-12-8-3-2-5-9(12)14(17)19-13-10(15)6-4-7-11(13)16/h2-8,15-16H,1H3. The lowest BCUT2D eigenvalue weighted by Crippen LogP contribution is -2.10. The van der Waals surface area contributed by atoms with E-state index in [1.807, 2.05) is 0 Å². The van der Waals surface area contributed by atoms with Crippen molar-refractivity contribution in [1.82, 2.24) is 0 Å². The lowest BCUT2D eigenvalue weighted by atomic mass is 10.2. The van der Waals surface area contributed by atoms with Crippen molar-refractivity contribution in [2.24, 2.45) is 0 Å². The molecule has 0 unspecified atom stereocenters. The van der Waals surface area contributed by atoms with Crippen LogP contribution >= 0.6 is 0 Å². The number of ether oxygens (including phenoxy) is 2. The van der Waals surface area contributed by atoms with Crippen molar-refractivity contribution in [3.05, 3.63) is 48.0 Å². The number of carbonyl (C=O) groups excluding carboxylic acids is 1. The van der Waals surface area contributed by atoms with Crippen LogP contribution in [0.1, 0.15) is 10.4 Å². The molecule has 0 fully saturated rings. The first-order valence-electron chi connectivity index (χ1n) is 5.49. The summed E-state index contributed by atoms with van der Waals surface area (Å²) in [6, 6.07) is 10.6. The third-order valence-corrected chi connectivity index (χ3v) is 2.50. The van der Waals surface area contributed by atoms with Gasteiger partial charge in [0.1, 0.15) is 11.3 Å². The molecule has 2 aromatic rings. The van der Waals surface area contributed by atoms with Gasteiger partial charge < -0.3 is 19.7 Å². The maximum Gasteiger partial charge on any atom is 0.347 e. The molecule has 19 heavy (non-hydrogen) atoms. The largest absolute Gasteiger partial charge is 0.504 e. The van der Waals surface area contributed by atoms with Crippen LogP contribution in [-0.2, 0) is 0 Å². The Morgan fingerprint density at radius 2 is 1.63 bits per heavy atom. The molecule has 0 aliphatic carbocycles. The molecule has 0 amide bonds. The average molecular weight is 260 g/mol. The van der Waals surface area contributed by atoms with Crippen LogP contribution < -0.4 is 9.47 Å². The molecule has 5 nitrogen and oxygen atoms in total. The molecular formula is C14H12O5. The molecule has 0 aromatic heterocycles. The van der Waals surface area contributed by atoms with Crippen LogP contribution in [0.25, 0.3) is 0 Å². The maximum absolute atomic E-state index is 12.0. The van der Waals surface area contributed by atoms with Crippen LogP contribution in [0.3, 0.4) is 0 Å². The summed E-state index contributed by atoms with van der Waals surface area (Å²) in [5.41, 5.74) is 0.202. The Morgan fingerprint density at radius 1 is 1.00 bits per heavy atom. The number of benzene rings is 2. The number of phenolic OH excluding ortho intramolecular Hbond substituents is 2. The molecule has 2 aromatic carbocycles. The Hall–Kier alpha value is -2.69. The van der Waals surface area contributed by atoms with Gasteiger partial charge in [-0.2, -0.15) is 0 Å². The maximum atomic E-state index is 12.0. The van der Waals surface area contributed by atoms with Crippen LogP contribution in [-0.4, -0.2) is 23.3 Å². The van der Waals surface area contributed by atoms with E-state index in [4.69, 9.17) is 9.47 Å². The first kappa shape index (κ1) is 12.8. The molecule has 98 valence electrons. The molecule has 0 saturated heterocycles. The first-order chi connectivity index (χ1) is 9.13. The minimum Gasteiger partial charge on any atom is -0.504 e. The first-order valence-corrected chi connectivity index (χ1v) is 5.49. The number of hydrogen-bond donors (Lipinski definition) is 2. The summed E-state index contributed by atoms with van der Waals surface area (Å²) in [6.07, 6.45) is 0. The smallest absolute Gasteiger partial charge is 0.347 e. The fourth-order valence-corrected chi connectivity index (χ4v) is 1.58. The Balaban J connectivity index is 2.31.